The highest BCUT2D eigenvalue weighted by Gasteiger charge is 2.16. The SMILES string of the molecule is CC(C)c1cc(C(=O)NCCO)nn1-c1ccccc1. The number of hydrogen-bond acceptors (Lipinski definition) is 3. The highest BCUT2D eigenvalue weighted by Crippen LogP contribution is 2.20. The van der Waals surface area contributed by atoms with Crippen molar-refractivity contribution in [1.82, 2.24) is 15.1 Å². The Hall–Kier alpha value is -2.14. The quantitative estimate of drug-likeness (QED) is 0.871. The van der Waals surface area contributed by atoms with E-state index >= 15 is 0 Å². The molecule has 0 atom stereocenters. The number of carbonyl (C=O) groups is 1. The Balaban J connectivity index is 2.36. The van der Waals surface area contributed by atoms with E-state index in [1.807, 2.05) is 30.3 Å². The lowest BCUT2D eigenvalue weighted by atomic mass is 10.1. The summed E-state index contributed by atoms with van der Waals surface area (Å²) in [5.74, 6) is -0.0160. The van der Waals surface area contributed by atoms with Gasteiger partial charge in [0.2, 0.25) is 0 Å². The molecule has 106 valence electrons. The van der Waals surface area contributed by atoms with E-state index in [1.165, 1.54) is 0 Å². The Morgan fingerprint density at radius 2 is 2.05 bits per heavy atom. The maximum Gasteiger partial charge on any atom is 0.271 e. The molecule has 0 bridgehead atoms. The summed E-state index contributed by atoms with van der Waals surface area (Å²) in [5, 5.41) is 15.7. The normalized spacial score (nSPS) is 10.8. The minimum Gasteiger partial charge on any atom is -0.395 e. The number of benzene rings is 1. The molecule has 0 spiro atoms. The van der Waals surface area contributed by atoms with Crippen LogP contribution in [0.25, 0.3) is 5.69 Å². The first-order valence-corrected chi connectivity index (χ1v) is 6.68. The molecule has 0 fully saturated rings. The molecule has 2 rings (SSSR count). The minimum absolute atomic E-state index is 0.0812. The maximum atomic E-state index is 11.9. The molecular formula is C15H19N3O2. The van der Waals surface area contributed by atoms with E-state index in [1.54, 1.807) is 10.7 Å². The summed E-state index contributed by atoms with van der Waals surface area (Å²) in [5.41, 5.74) is 2.27. The van der Waals surface area contributed by atoms with Crippen molar-refractivity contribution in [1.29, 1.82) is 0 Å². The van der Waals surface area contributed by atoms with Crippen LogP contribution in [0.15, 0.2) is 36.4 Å². The van der Waals surface area contributed by atoms with Crippen molar-refractivity contribution in [3.63, 3.8) is 0 Å². The Labute approximate surface area is 118 Å². The third kappa shape index (κ3) is 3.05. The molecule has 0 aliphatic heterocycles. The van der Waals surface area contributed by atoms with Crippen LogP contribution in [0.3, 0.4) is 0 Å². The first-order chi connectivity index (χ1) is 9.63. The number of para-hydroxylation sites is 1. The van der Waals surface area contributed by atoms with Gasteiger partial charge in [-0.05, 0) is 24.1 Å². The first kappa shape index (κ1) is 14.3. The molecule has 0 radical (unpaired) electrons. The van der Waals surface area contributed by atoms with Crippen molar-refractivity contribution in [2.24, 2.45) is 0 Å². The molecule has 0 aliphatic rings. The van der Waals surface area contributed by atoms with Gasteiger partial charge in [-0.15, -0.1) is 0 Å². The predicted molar refractivity (Wildman–Crippen MR) is 77.1 cm³/mol. The van der Waals surface area contributed by atoms with E-state index in [-0.39, 0.29) is 25.0 Å². The average Bonchev–Trinajstić information content (AvgIpc) is 2.91. The van der Waals surface area contributed by atoms with E-state index < -0.39 is 0 Å². The molecule has 1 aromatic heterocycles. The number of nitrogens with zero attached hydrogens (tertiary/aromatic N) is 2. The molecule has 2 N–H and O–H groups in total. The number of aliphatic hydroxyl groups is 1. The molecular weight excluding hydrogens is 254 g/mol. The van der Waals surface area contributed by atoms with Gasteiger partial charge in [-0.25, -0.2) is 4.68 Å². The van der Waals surface area contributed by atoms with Crippen LogP contribution >= 0.6 is 0 Å². The van der Waals surface area contributed by atoms with Crippen LogP contribution in [0.2, 0.25) is 0 Å². The van der Waals surface area contributed by atoms with Gasteiger partial charge in [0, 0.05) is 12.2 Å². The lowest BCUT2D eigenvalue weighted by molar-refractivity contribution is 0.0939. The van der Waals surface area contributed by atoms with Crippen molar-refractivity contribution >= 4 is 5.91 Å². The van der Waals surface area contributed by atoms with E-state index in [2.05, 4.69) is 24.3 Å². The molecule has 2 aromatic rings. The standard InChI is InChI=1S/C15H19N3O2/c1-11(2)14-10-13(15(20)16-8-9-19)17-18(14)12-6-4-3-5-7-12/h3-7,10-11,19H,8-9H2,1-2H3,(H,16,20). The van der Waals surface area contributed by atoms with E-state index in [4.69, 9.17) is 5.11 Å². The molecule has 5 heteroatoms. The van der Waals surface area contributed by atoms with Crippen LogP contribution < -0.4 is 5.32 Å². The van der Waals surface area contributed by atoms with Gasteiger partial charge in [0.1, 0.15) is 0 Å². The van der Waals surface area contributed by atoms with Crippen LogP contribution in [-0.2, 0) is 0 Å². The number of carbonyl (C=O) groups excluding carboxylic acids is 1. The van der Waals surface area contributed by atoms with Gasteiger partial charge in [0.05, 0.1) is 12.3 Å². The second-order valence-corrected chi connectivity index (χ2v) is 4.84. The monoisotopic (exact) mass is 273 g/mol. The van der Waals surface area contributed by atoms with E-state index in [0.717, 1.165) is 11.4 Å². The van der Waals surface area contributed by atoms with Gasteiger partial charge in [-0.2, -0.15) is 5.10 Å². The van der Waals surface area contributed by atoms with Crippen LogP contribution in [0.1, 0.15) is 35.9 Å². The van der Waals surface area contributed by atoms with Crippen molar-refractivity contribution in [3.05, 3.63) is 47.8 Å². The third-order valence-electron chi connectivity index (χ3n) is 2.96. The highest BCUT2D eigenvalue weighted by atomic mass is 16.3. The summed E-state index contributed by atoms with van der Waals surface area (Å²) < 4.78 is 1.79. The minimum atomic E-state index is -0.268. The number of aliphatic hydroxyl groups excluding tert-OH is 1. The molecule has 0 aliphatic carbocycles. The maximum absolute atomic E-state index is 11.9. The molecule has 1 aromatic carbocycles. The number of amides is 1. The van der Waals surface area contributed by atoms with E-state index in [0.29, 0.717) is 5.69 Å². The predicted octanol–water partition coefficient (Wildman–Crippen LogP) is 1.72. The highest BCUT2D eigenvalue weighted by molar-refractivity contribution is 5.92. The summed E-state index contributed by atoms with van der Waals surface area (Å²) in [6.45, 7) is 4.27. The van der Waals surface area contributed by atoms with Gasteiger partial charge in [0.25, 0.3) is 5.91 Å². The smallest absolute Gasteiger partial charge is 0.271 e. The summed E-state index contributed by atoms with van der Waals surface area (Å²) in [7, 11) is 0. The Bertz CT molecular complexity index is 576. The zero-order chi connectivity index (χ0) is 14.5. The fraction of sp³-hybridized carbons (Fsp3) is 0.333. The van der Waals surface area contributed by atoms with Crippen LogP contribution in [0, 0.1) is 0 Å². The Morgan fingerprint density at radius 1 is 1.35 bits per heavy atom. The molecule has 5 nitrogen and oxygen atoms in total. The van der Waals surface area contributed by atoms with Gasteiger partial charge in [-0.3, -0.25) is 4.79 Å². The number of hydrogen-bond donors (Lipinski definition) is 2. The summed E-state index contributed by atoms with van der Waals surface area (Å²) in [6, 6.07) is 11.5. The van der Waals surface area contributed by atoms with Crippen LogP contribution in [0.5, 0.6) is 0 Å². The largest absolute Gasteiger partial charge is 0.395 e. The van der Waals surface area contributed by atoms with Crippen LogP contribution in [0.4, 0.5) is 0 Å². The number of aromatic nitrogens is 2. The summed E-state index contributed by atoms with van der Waals surface area (Å²) >= 11 is 0. The molecule has 0 saturated carbocycles. The Morgan fingerprint density at radius 3 is 2.65 bits per heavy atom. The van der Waals surface area contributed by atoms with Gasteiger partial charge >= 0.3 is 0 Å². The van der Waals surface area contributed by atoms with Gasteiger partial charge in [0.15, 0.2) is 5.69 Å². The molecule has 1 amide bonds. The van der Waals surface area contributed by atoms with Gasteiger partial charge < -0.3 is 10.4 Å². The van der Waals surface area contributed by atoms with Crippen molar-refractivity contribution in [3.8, 4) is 5.69 Å². The van der Waals surface area contributed by atoms with Crippen molar-refractivity contribution < 1.29 is 9.90 Å². The molecule has 1 heterocycles. The van der Waals surface area contributed by atoms with Gasteiger partial charge in [-0.1, -0.05) is 32.0 Å². The van der Waals surface area contributed by atoms with Crippen molar-refractivity contribution in [2.45, 2.75) is 19.8 Å². The zero-order valence-electron chi connectivity index (χ0n) is 11.7. The Kier molecular flexibility index (Phi) is 4.53. The third-order valence-corrected chi connectivity index (χ3v) is 2.96. The number of nitrogens with one attached hydrogen (secondary N) is 1. The van der Waals surface area contributed by atoms with Crippen molar-refractivity contribution in [2.75, 3.05) is 13.2 Å². The average molecular weight is 273 g/mol. The fourth-order valence-corrected chi connectivity index (χ4v) is 1.95. The second kappa shape index (κ2) is 6.34. The first-order valence-electron chi connectivity index (χ1n) is 6.68. The van der Waals surface area contributed by atoms with Crippen LogP contribution in [-0.4, -0.2) is 33.9 Å². The molecule has 0 unspecified atom stereocenters. The second-order valence-electron chi connectivity index (χ2n) is 4.84. The lowest BCUT2D eigenvalue weighted by Gasteiger charge is -2.09. The lowest BCUT2D eigenvalue weighted by Crippen LogP contribution is -2.26. The summed E-state index contributed by atoms with van der Waals surface area (Å²) in [6.07, 6.45) is 0. The topological polar surface area (TPSA) is 67.2 Å². The number of rotatable bonds is 5. The molecule has 0 saturated heterocycles. The zero-order valence-corrected chi connectivity index (χ0v) is 11.7. The fourth-order valence-electron chi connectivity index (χ4n) is 1.95. The van der Waals surface area contributed by atoms with E-state index in [9.17, 15) is 4.79 Å². The summed E-state index contributed by atoms with van der Waals surface area (Å²) in [4.78, 5) is 11.9. The molecule has 20 heavy (non-hydrogen) atoms.